The molecule has 0 aliphatic carbocycles. The predicted octanol–water partition coefficient (Wildman–Crippen LogP) is 1.85. The van der Waals surface area contributed by atoms with Crippen molar-refractivity contribution in [1.29, 1.82) is 0 Å². The lowest BCUT2D eigenvalue weighted by molar-refractivity contribution is -0.125. The lowest BCUT2D eigenvalue weighted by atomic mass is 10.0. The van der Waals surface area contributed by atoms with E-state index in [4.69, 9.17) is 5.73 Å². The molecular formula is C13H20N2O. The van der Waals surface area contributed by atoms with Crippen molar-refractivity contribution in [3.8, 4) is 0 Å². The first-order chi connectivity index (χ1) is 7.69. The number of hydrogen-bond donors (Lipinski definition) is 2. The minimum absolute atomic E-state index is 0.0364. The molecule has 3 N–H and O–H groups in total. The summed E-state index contributed by atoms with van der Waals surface area (Å²) in [5.74, 6) is -0.0347. The Hall–Kier alpha value is -1.35. The lowest BCUT2D eigenvalue weighted by Gasteiger charge is -2.18. The molecule has 0 aromatic heterocycles. The molecule has 0 saturated carbocycles. The fraction of sp³-hybridized carbons (Fsp3) is 0.462. The average molecular weight is 220 g/mol. The third-order valence-electron chi connectivity index (χ3n) is 2.81. The van der Waals surface area contributed by atoms with E-state index in [2.05, 4.69) is 5.32 Å². The fourth-order valence-corrected chi connectivity index (χ4v) is 1.62. The number of carbonyl (C=O) groups is 1. The van der Waals surface area contributed by atoms with Gasteiger partial charge in [0.25, 0.3) is 0 Å². The number of nitrogens with one attached hydrogen (secondary N) is 1. The van der Waals surface area contributed by atoms with E-state index in [0.29, 0.717) is 6.54 Å². The molecule has 0 radical (unpaired) electrons. The van der Waals surface area contributed by atoms with Gasteiger partial charge in [-0.2, -0.15) is 0 Å². The van der Waals surface area contributed by atoms with Crippen LogP contribution < -0.4 is 11.1 Å². The summed E-state index contributed by atoms with van der Waals surface area (Å²) in [4.78, 5) is 11.8. The molecule has 0 aliphatic rings. The van der Waals surface area contributed by atoms with Gasteiger partial charge in [-0.15, -0.1) is 0 Å². The van der Waals surface area contributed by atoms with Crippen LogP contribution in [0.3, 0.4) is 0 Å². The van der Waals surface area contributed by atoms with Crippen LogP contribution in [0.4, 0.5) is 0 Å². The van der Waals surface area contributed by atoms with Crippen molar-refractivity contribution in [3.63, 3.8) is 0 Å². The highest BCUT2D eigenvalue weighted by Gasteiger charge is 2.16. The van der Waals surface area contributed by atoms with Crippen LogP contribution in [-0.4, -0.2) is 12.5 Å². The largest absolute Gasteiger partial charge is 0.349 e. The predicted molar refractivity (Wildman–Crippen MR) is 65.8 cm³/mol. The first-order valence-corrected chi connectivity index (χ1v) is 5.74. The molecule has 3 nitrogen and oxygen atoms in total. The number of benzene rings is 1. The van der Waals surface area contributed by atoms with Gasteiger partial charge >= 0.3 is 0 Å². The van der Waals surface area contributed by atoms with Crippen LogP contribution in [0.2, 0.25) is 0 Å². The Balaban J connectivity index is 2.58. The first-order valence-electron chi connectivity index (χ1n) is 5.74. The van der Waals surface area contributed by atoms with Gasteiger partial charge in [-0.1, -0.05) is 37.3 Å². The number of hydrogen-bond acceptors (Lipinski definition) is 2. The molecule has 0 fully saturated rings. The van der Waals surface area contributed by atoms with E-state index in [1.807, 2.05) is 44.2 Å². The van der Waals surface area contributed by atoms with Crippen molar-refractivity contribution < 1.29 is 4.79 Å². The van der Waals surface area contributed by atoms with Crippen molar-refractivity contribution in [3.05, 3.63) is 35.9 Å². The molecule has 3 heteroatoms. The Kier molecular flexibility index (Phi) is 4.99. The second-order valence-electron chi connectivity index (χ2n) is 3.98. The van der Waals surface area contributed by atoms with Gasteiger partial charge < -0.3 is 11.1 Å². The van der Waals surface area contributed by atoms with Crippen LogP contribution in [-0.2, 0) is 4.79 Å². The highest BCUT2D eigenvalue weighted by atomic mass is 16.1. The summed E-state index contributed by atoms with van der Waals surface area (Å²) < 4.78 is 0. The van der Waals surface area contributed by atoms with E-state index in [1.54, 1.807) is 0 Å². The van der Waals surface area contributed by atoms with Crippen molar-refractivity contribution in [1.82, 2.24) is 5.32 Å². The van der Waals surface area contributed by atoms with Gasteiger partial charge in [0.15, 0.2) is 0 Å². The zero-order valence-corrected chi connectivity index (χ0v) is 9.94. The number of nitrogens with two attached hydrogens (primary N) is 1. The lowest BCUT2D eigenvalue weighted by Crippen LogP contribution is -2.36. The summed E-state index contributed by atoms with van der Waals surface area (Å²) in [5, 5.41) is 2.98. The maximum Gasteiger partial charge on any atom is 0.224 e. The van der Waals surface area contributed by atoms with Gasteiger partial charge in [0.2, 0.25) is 5.91 Å². The summed E-state index contributed by atoms with van der Waals surface area (Å²) in [6.07, 6.45) is 0.782. The van der Waals surface area contributed by atoms with Crippen LogP contribution in [0, 0.1) is 5.92 Å². The summed E-state index contributed by atoms with van der Waals surface area (Å²) in [6, 6.07) is 9.96. The molecule has 0 bridgehead atoms. The third kappa shape index (κ3) is 3.35. The van der Waals surface area contributed by atoms with Gasteiger partial charge in [-0.25, -0.2) is 0 Å². The standard InChI is InChI=1S/C13H20N2O/c1-3-11(9-14)13(16)15-10(2)12-7-5-4-6-8-12/h4-8,10-11H,3,9,14H2,1-2H3,(H,15,16)/t10-,11?/m1/s1. The highest BCUT2D eigenvalue weighted by Crippen LogP contribution is 2.12. The Labute approximate surface area is 97.0 Å². The molecular weight excluding hydrogens is 200 g/mol. The van der Waals surface area contributed by atoms with Crippen molar-refractivity contribution in [2.24, 2.45) is 11.7 Å². The van der Waals surface area contributed by atoms with Gasteiger partial charge in [0.1, 0.15) is 0 Å². The highest BCUT2D eigenvalue weighted by molar-refractivity contribution is 5.79. The molecule has 1 unspecified atom stereocenters. The monoisotopic (exact) mass is 220 g/mol. The third-order valence-corrected chi connectivity index (χ3v) is 2.81. The Morgan fingerprint density at radius 1 is 1.38 bits per heavy atom. The second kappa shape index (κ2) is 6.28. The summed E-state index contributed by atoms with van der Waals surface area (Å²) in [5.41, 5.74) is 6.65. The molecule has 0 heterocycles. The Morgan fingerprint density at radius 3 is 2.50 bits per heavy atom. The molecule has 1 aromatic carbocycles. The molecule has 1 aromatic rings. The van der Waals surface area contributed by atoms with Crippen LogP contribution in [0.25, 0.3) is 0 Å². The zero-order chi connectivity index (χ0) is 12.0. The van der Waals surface area contributed by atoms with Crippen LogP contribution in [0.5, 0.6) is 0 Å². The minimum atomic E-state index is -0.0776. The Bertz CT molecular complexity index is 320. The molecule has 88 valence electrons. The van der Waals surface area contributed by atoms with Gasteiger partial charge in [0.05, 0.1) is 6.04 Å². The molecule has 0 saturated heterocycles. The Morgan fingerprint density at radius 2 is 2.00 bits per heavy atom. The normalized spacial score (nSPS) is 14.2. The summed E-state index contributed by atoms with van der Waals surface area (Å²) >= 11 is 0. The maximum atomic E-state index is 11.8. The smallest absolute Gasteiger partial charge is 0.224 e. The van der Waals surface area contributed by atoms with E-state index >= 15 is 0 Å². The minimum Gasteiger partial charge on any atom is -0.349 e. The van der Waals surface area contributed by atoms with Gasteiger partial charge in [-0.05, 0) is 18.9 Å². The summed E-state index contributed by atoms with van der Waals surface area (Å²) in [6.45, 7) is 4.37. The van der Waals surface area contributed by atoms with Gasteiger partial charge in [-0.3, -0.25) is 4.79 Å². The summed E-state index contributed by atoms with van der Waals surface area (Å²) in [7, 11) is 0. The van der Waals surface area contributed by atoms with E-state index in [1.165, 1.54) is 0 Å². The van der Waals surface area contributed by atoms with Crippen LogP contribution in [0.1, 0.15) is 31.9 Å². The molecule has 0 spiro atoms. The molecule has 0 aliphatic heterocycles. The quantitative estimate of drug-likeness (QED) is 0.795. The molecule has 16 heavy (non-hydrogen) atoms. The van der Waals surface area contributed by atoms with Crippen molar-refractivity contribution in [2.75, 3.05) is 6.54 Å². The van der Waals surface area contributed by atoms with Gasteiger partial charge in [0, 0.05) is 12.5 Å². The van der Waals surface area contributed by atoms with Crippen molar-refractivity contribution >= 4 is 5.91 Å². The van der Waals surface area contributed by atoms with Crippen LogP contribution in [0.15, 0.2) is 30.3 Å². The second-order valence-corrected chi connectivity index (χ2v) is 3.98. The SMILES string of the molecule is CCC(CN)C(=O)N[C@H](C)c1ccccc1. The topological polar surface area (TPSA) is 55.1 Å². The zero-order valence-electron chi connectivity index (χ0n) is 9.94. The number of rotatable bonds is 5. The molecule has 2 atom stereocenters. The average Bonchev–Trinajstić information content (AvgIpc) is 2.31. The number of amides is 1. The van der Waals surface area contributed by atoms with Crippen molar-refractivity contribution in [2.45, 2.75) is 26.3 Å². The fourth-order valence-electron chi connectivity index (χ4n) is 1.62. The molecule has 1 amide bonds. The maximum absolute atomic E-state index is 11.8. The number of carbonyl (C=O) groups excluding carboxylic acids is 1. The van der Waals surface area contributed by atoms with E-state index in [9.17, 15) is 4.79 Å². The first kappa shape index (κ1) is 12.7. The van der Waals surface area contributed by atoms with E-state index in [0.717, 1.165) is 12.0 Å². The van der Waals surface area contributed by atoms with Crippen LogP contribution >= 0.6 is 0 Å². The van der Waals surface area contributed by atoms with E-state index in [-0.39, 0.29) is 17.9 Å². The van der Waals surface area contributed by atoms with E-state index < -0.39 is 0 Å². The molecule has 1 rings (SSSR count).